The Labute approximate surface area is 144 Å². The maximum Gasteiger partial charge on any atom is 0.230 e. The van der Waals surface area contributed by atoms with Crippen LogP contribution < -0.4 is 15.4 Å². The first-order chi connectivity index (χ1) is 11.4. The number of sulfonamides is 1. The molecule has 0 spiro atoms. The van der Waals surface area contributed by atoms with E-state index >= 15 is 0 Å². The van der Waals surface area contributed by atoms with Gasteiger partial charge in [-0.1, -0.05) is 12.1 Å². The van der Waals surface area contributed by atoms with Gasteiger partial charge in [0, 0.05) is 23.2 Å². The molecule has 1 amide bonds. The summed E-state index contributed by atoms with van der Waals surface area (Å²) >= 11 is 1.37. The van der Waals surface area contributed by atoms with Crippen molar-refractivity contribution >= 4 is 38.1 Å². The lowest BCUT2D eigenvalue weighted by Crippen LogP contribution is -2.24. The molecule has 2 heterocycles. The molecule has 128 valence electrons. The van der Waals surface area contributed by atoms with Crippen LogP contribution in [-0.2, 0) is 14.8 Å². The van der Waals surface area contributed by atoms with Crippen molar-refractivity contribution in [1.29, 1.82) is 0 Å². The Balaban J connectivity index is 1.67. The normalized spacial score (nSPS) is 17.6. The second-order valence-electron chi connectivity index (χ2n) is 5.67. The number of nitrogens with one attached hydrogen (secondary N) is 3. The van der Waals surface area contributed by atoms with Gasteiger partial charge in [-0.2, -0.15) is 0 Å². The first-order valence-corrected chi connectivity index (χ1v) is 10.2. The van der Waals surface area contributed by atoms with E-state index < -0.39 is 10.0 Å². The van der Waals surface area contributed by atoms with E-state index in [0.29, 0.717) is 17.4 Å². The van der Waals surface area contributed by atoms with Gasteiger partial charge in [0.05, 0.1) is 17.9 Å². The molecule has 2 aromatic rings. The SMILES string of the molecule is CS(=O)(=O)Nc1ccc(-c2csc(NC(=O)C3CCNC3)n2)cc1. The smallest absolute Gasteiger partial charge is 0.230 e. The maximum absolute atomic E-state index is 12.1. The summed E-state index contributed by atoms with van der Waals surface area (Å²) in [5, 5.41) is 8.45. The van der Waals surface area contributed by atoms with Gasteiger partial charge in [-0.25, -0.2) is 13.4 Å². The van der Waals surface area contributed by atoms with E-state index in [1.54, 1.807) is 24.3 Å². The lowest BCUT2D eigenvalue weighted by molar-refractivity contribution is -0.119. The number of nitrogens with zero attached hydrogens (tertiary/aromatic N) is 1. The van der Waals surface area contributed by atoms with Crippen molar-refractivity contribution in [3.05, 3.63) is 29.6 Å². The van der Waals surface area contributed by atoms with Crippen LogP contribution in [-0.4, -0.2) is 38.7 Å². The molecule has 0 aliphatic carbocycles. The molecule has 24 heavy (non-hydrogen) atoms. The number of amides is 1. The lowest BCUT2D eigenvalue weighted by atomic mass is 10.1. The molecule has 1 saturated heterocycles. The van der Waals surface area contributed by atoms with Crippen molar-refractivity contribution in [1.82, 2.24) is 10.3 Å². The van der Waals surface area contributed by atoms with Crippen molar-refractivity contribution < 1.29 is 13.2 Å². The minimum absolute atomic E-state index is 0.00120. The van der Waals surface area contributed by atoms with Gasteiger partial charge in [0.1, 0.15) is 0 Å². The van der Waals surface area contributed by atoms with Gasteiger partial charge in [0.2, 0.25) is 15.9 Å². The highest BCUT2D eigenvalue weighted by Crippen LogP contribution is 2.26. The van der Waals surface area contributed by atoms with Crippen molar-refractivity contribution in [3.8, 4) is 11.3 Å². The summed E-state index contributed by atoms with van der Waals surface area (Å²) in [7, 11) is -3.29. The molecule has 1 unspecified atom stereocenters. The van der Waals surface area contributed by atoms with Crippen LogP contribution in [0.25, 0.3) is 11.3 Å². The molecule has 1 aliphatic rings. The Morgan fingerprint density at radius 2 is 2.08 bits per heavy atom. The zero-order chi connectivity index (χ0) is 17.2. The lowest BCUT2D eigenvalue weighted by Gasteiger charge is -2.07. The molecular formula is C15H18N4O3S2. The van der Waals surface area contributed by atoms with Crippen LogP contribution in [0, 0.1) is 5.92 Å². The van der Waals surface area contributed by atoms with Gasteiger partial charge < -0.3 is 10.6 Å². The Kier molecular flexibility index (Phi) is 4.83. The molecule has 9 heteroatoms. The number of aromatic nitrogens is 1. The first kappa shape index (κ1) is 16.9. The number of anilines is 2. The summed E-state index contributed by atoms with van der Waals surface area (Å²) < 4.78 is 24.8. The average Bonchev–Trinajstić information content (AvgIpc) is 3.17. The highest BCUT2D eigenvalue weighted by molar-refractivity contribution is 7.92. The van der Waals surface area contributed by atoms with Crippen LogP contribution in [0.3, 0.4) is 0 Å². The Morgan fingerprint density at radius 1 is 1.33 bits per heavy atom. The molecule has 1 fully saturated rings. The Hall–Kier alpha value is -1.97. The maximum atomic E-state index is 12.1. The topological polar surface area (TPSA) is 100 Å². The molecule has 0 radical (unpaired) electrons. The summed E-state index contributed by atoms with van der Waals surface area (Å²) in [4.78, 5) is 16.5. The molecule has 0 bridgehead atoms. The van der Waals surface area contributed by atoms with Crippen LogP contribution in [0.2, 0.25) is 0 Å². The van der Waals surface area contributed by atoms with Gasteiger partial charge in [0.15, 0.2) is 5.13 Å². The standard InChI is InChI=1S/C15H18N4O3S2/c1-24(21,22)19-12-4-2-10(3-5-12)13-9-23-15(17-13)18-14(20)11-6-7-16-8-11/h2-5,9,11,16,19H,6-8H2,1H3,(H,17,18,20). The van der Waals surface area contributed by atoms with Gasteiger partial charge in [0.25, 0.3) is 0 Å². The molecular weight excluding hydrogens is 348 g/mol. The summed E-state index contributed by atoms with van der Waals surface area (Å²) in [5.74, 6) is -0.00713. The second-order valence-corrected chi connectivity index (χ2v) is 8.28. The molecule has 3 N–H and O–H groups in total. The van der Waals surface area contributed by atoms with Crippen molar-refractivity contribution in [2.24, 2.45) is 5.92 Å². The number of carbonyl (C=O) groups is 1. The Bertz CT molecular complexity index is 825. The van der Waals surface area contributed by atoms with E-state index in [0.717, 1.165) is 30.5 Å². The molecule has 7 nitrogen and oxygen atoms in total. The number of benzene rings is 1. The van der Waals surface area contributed by atoms with Gasteiger partial charge in [-0.05, 0) is 25.1 Å². The number of hydrogen-bond acceptors (Lipinski definition) is 6. The molecule has 1 aromatic heterocycles. The summed E-state index contributed by atoms with van der Waals surface area (Å²) in [6, 6.07) is 6.93. The third-order valence-corrected chi connectivity index (χ3v) is 5.01. The van der Waals surface area contributed by atoms with E-state index in [1.807, 2.05) is 5.38 Å². The highest BCUT2D eigenvalue weighted by Gasteiger charge is 2.23. The first-order valence-electron chi connectivity index (χ1n) is 7.46. The fraction of sp³-hybridized carbons (Fsp3) is 0.333. The van der Waals surface area contributed by atoms with Crippen LogP contribution in [0.4, 0.5) is 10.8 Å². The molecule has 0 saturated carbocycles. The van der Waals surface area contributed by atoms with E-state index in [4.69, 9.17) is 0 Å². The summed E-state index contributed by atoms with van der Waals surface area (Å²) in [6.45, 7) is 1.58. The molecule has 3 rings (SSSR count). The van der Waals surface area contributed by atoms with Crippen LogP contribution in [0.5, 0.6) is 0 Å². The van der Waals surface area contributed by atoms with E-state index in [1.165, 1.54) is 11.3 Å². The van der Waals surface area contributed by atoms with Gasteiger partial charge in [-0.15, -0.1) is 11.3 Å². The molecule has 1 atom stereocenters. The zero-order valence-electron chi connectivity index (χ0n) is 13.1. The number of rotatable bonds is 5. The quantitative estimate of drug-likeness (QED) is 0.748. The van der Waals surface area contributed by atoms with Crippen LogP contribution in [0.15, 0.2) is 29.6 Å². The third kappa shape index (κ3) is 4.31. The van der Waals surface area contributed by atoms with Gasteiger partial charge in [-0.3, -0.25) is 9.52 Å². The minimum Gasteiger partial charge on any atom is -0.316 e. The third-order valence-electron chi connectivity index (χ3n) is 3.65. The predicted octanol–water partition coefficient (Wildman–Crippen LogP) is 1.73. The molecule has 1 aliphatic heterocycles. The summed E-state index contributed by atoms with van der Waals surface area (Å²) in [6.07, 6.45) is 1.95. The van der Waals surface area contributed by atoms with Crippen molar-refractivity contribution in [3.63, 3.8) is 0 Å². The fourth-order valence-electron chi connectivity index (χ4n) is 2.47. The second kappa shape index (κ2) is 6.88. The fourth-order valence-corrected chi connectivity index (χ4v) is 3.76. The van der Waals surface area contributed by atoms with E-state index in [-0.39, 0.29) is 11.8 Å². The minimum atomic E-state index is -3.29. The monoisotopic (exact) mass is 366 g/mol. The number of carbonyl (C=O) groups excluding carboxylic acids is 1. The predicted molar refractivity (Wildman–Crippen MR) is 95.6 cm³/mol. The van der Waals surface area contributed by atoms with Crippen molar-refractivity contribution in [2.45, 2.75) is 6.42 Å². The van der Waals surface area contributed by atoms with Crippen molar-refractivity contribution in [2.75, 3.05) is 29.4 Å². The highest BCUT2D eigenvalue weighted by atomic mass is 32.2. The average molecular weight is 366 g/mol. The van der Waals surface area contributed by atoms with Crippen LogP contribution in [0.1, 0.15) is 6.42 Å². The van der Waals surface area contributed by atoms with Gasteiger partial charge >= 0.3 is 0 Å². The Morgan fingerprint density at radius 3 is 2.71 bits per heavy atom. The largest absolute Gasteiger partial charge is 0.316 e. The summed E-state index contributed by atoms with van der Waals surface area (Å²) in [5.41, 5.74) is 2.10. The van der Waals surface area contributed by atoms with Crippen LogP contribution >= 0.6 is 11.3 Å². The number of thiazole rings is 1. The zero-order valence-corrected chi connectivity index (χ0v) is 14.7. The molecule has 1 aromatic carbocycles. The number of hydrogen-bond donors (Lipinski definition) is 3. The van der Waals surface area contributed by atoms with E-state index in [2.05, 4.69) is 20.3 Å². The van der Waals surface area contributed by atoms with E-state index in [9.17, 15) is 13.2 Å².